The number of para-hydroxylation sites is 3. The molecule has 2 aliphatic carbocycles. The van der Waals surface area contributed by atoms with Crippen LogP contribution < -0.4 is 4.90 Å². The van der Waals surface area contributed by atoms with Crippen LogP contribution in [0.2, 0.25) is 0 Å². The third-order valence-electron chi connectivity index (χ3n) is 13.5. The highest BCUT2D eigenvalue weighted by Gasteiger charge is 2.38. The first-order valence-corrected chi connectivity index (χ1v) is 21.5. The number of hydrogen-bond donors (Lipinski definition) is 0. The zero-order valence-corrected chi connectivity index (χ0v) is 35.2. The number of benzene rings is 9. The number of rotatable bonds is 7. The molecule has 0 unspecified atom stereocenters. The standard InChI is InChI=1S/C60H47N/c1-59(2)51-27-13-8-23-46(51)50-39-43(37-38-53(50)59)45-22-11-16-31-56(45)61(55-30-15-10-21-44(55)42-35-33-41(34-36-42)40-19-6-5-7-20-40)57-32-17-12-24-47(57)48-26-18-29-54-58(48)49-25-9-14-28-52(49)60(54,3)4/h5-39H,1-4H3. The Labute approximate surface area is 360 Å². The van der Waals surface area contributed by atoms with Gasteiger partial charge in [-0.3, -0.25) is 0 Å². The summed E-state index contributed by atoms with van der Waals surface area (Å²) in [7, 11) is 0. The Hall–Kier alpha value is -7.22. The molecule has 0 spiro atoms. The highest BCUT2D eigenvalue weighted by Crippen LogP contribution is 2.55. The number of hydrogen-bond acceptors (Lipinski definition) is 1. The monoisotopic (exact) mass is 781 g/mol. The van der Waals surface area contributed by atoms with Gasteiger partial charge in [0.25, 0.3) is 0 Å². The Morgan fingerprint density at radius 3 is 1.34 bits per heavy atom. The lowest BCUT2D eigenvalue weighted by Gasteiger charge is -2.32. The van der Waals surface area contributed by atoms with Crippen LogP contribution in [0.5, 0.6) is 0 Å². The Bertz CT molecular complexity index is 3130. The van der Waals surface area contributed by atoms with E-state index in [-0.39, 0.29) is 10.8 Å². The summed E-state index contributed by atoms with van der Waals surface area (Å²) >= 11 is 0. The van der Waals surface area contributed by atoms with Crippen molar-refractivity contribution in [2.45, 2.75) is 38.5 Å². The van der Waals surface area contributed by atoms with E-state index in [2.05, 4.69) is 245 Å². The van der Waals surface area contributed by atoms with E-state index in [4.69, 9.17) is 0 Å². The summed E-state index contributed by atoms with van der Waals surface area (Å²) in [6.07, 6.45) is 0. The Morgan fingerprint density at radius 2 is 0.672 bits per heavy atom. The molecule has 9 aromatic rings. The van der Waals surface area contributed by atoms with Gasteiger partial charge in [-0.05, 0) is 96.6 Å². The summed E-state index contributed by atoms with van der Waals surface area (Å²) in [4.78, 5) is 2.53. The minimum Gasteiger partial charge on any atom is -0.309 e. The molecule has 0 aromatic heterocycles. The summed E-state index contributed by atoms with van der Waals surface area (Å²) in [6, 6.07) is 78.6. The van der Waals surface area contributed by atoms with Crippen molar-refractivity contribution >= 4 is 17.1 Å². The molecule has 0 aliphatic heterocycles. The van der Waals surface area contributed by atoms with Crippen molar-refractivity contribution in [1.29, 1.82) is 0 Å². The third-order valence-corrected chi connectivity index (χ3v) is 13.5. The van der Waals surface area contributed by atoms with Gasteiger partial charge in [-0.2, -0.15) is 0 Å². The fraction of sp³-hybridized carbons (Fsp3) is 0.100. The summed E-state index contributed by atoms with van der Waals surface area (Å²) < 4.78 is 0. The highest BCUT2D eigenvalue weighted by molar-refractivity contribution is 6.02. The van der Waals surface area contributed by atoms with Crippen LogP contribution in [0.25, 0.3) is 66.8 Å². The molecule has 0 saturated heterocycles. The molecule has 292 valence electrons. The minimum absolute atomic E-state index is 0.0624. The van der Waals surface area contributed by atoms with Gasteiger partial charge in [-0.25, -0.2) is 0 Å². The van der Waals surface area contributed by atoms with E-state index in [1.807, 2.05) is 0 Å². The van der Waals surface area contributed by atoms with Crippen molar-refractivity contribution in [3.8, 4) is 66.8 Å². The molecule has 0 fully saturated rings. The van der Waals surface area contributed by atoms with E-state index in [0.29, 0.717) is 0 Å². The lowest BCUT2D eigenvalue weighted by Crippen LogP contribution is -2.15. The number of anilines is 3. The topological polar surface area (TPSA) is 3.24 Å². The van der Waals surface area contributed by atoms with E-state index >= 15 is 0 Å². The van der Waals surface area contributed by atoms with E-state index in [0.717, 1.165) is 17.1 Å². The lowest BCUT2D eigenvalue weighted by atomic mass is 9.82. The van der Waals surface area contributed by atoms with Crippen LogP contribution in [0, 0.1) is 0 Å². The van der Waals surface area contributed by atoms with Crippen molar-refractivity contribution in [3.63, 3.8) is 0 Å². The van der Waals surface area contributed by atoms with Crippen LogP contribution >= 0.6 is 0 Å². The first kappa shape index (κ1) is 36.8. The van der Waals surface area contributed by atoms with Crippen molar-refractivity contribution in [2.75, 3.05) is 4.90 Å². The first-order chi connectivity index (χ1) is 29.8. The smallest absolute Gasteiger partial charge is 0.0540 e. The van der Waals surface area contributed by atoms with Gasteiger partial charge in [0.15, 0.2) is 0 Å². The Morgan fingerprint density at radius 1 is 0.262 bits per heavy atom. The van der Waals surface area contributed by atoms with Crippen LogP contribution in [0.4, 0.5) is 17.1 Å². The second-order valence-electron chi connectivity index (χ2n) is 17.7. The lowest BCUT2D eigenvalue weighted by molar-refractivity contribution is 0.660. The van der Waals surface area contributed by atoms with Gasteiger partial charge in [0.05, 0.1) is 17.1 Å². The van der Waals surface area contributed by atoms with E-state index in [1.54, 1.807) is 0 Å². The predicted molar refractivity (Wildman–Crippen MR) is 258 cm³/mol. The quantitative estimate of drug-likeness (QED) is 0.156. The summed E-state index contributed by atoms with van der Waals surface area (Å²) in [6.45, 7) is 9.44. The zero-order chi connectivity index (χ0) is 41.3. The molecule has 0 atom stereocenters. The fourth-order valence-electron chi connectivity index (χ4n) is 10.5. The summed E-state index contributed by atoms with van der Waals surface area (Å²) in [5.41, 5.74) is 23.6. The van der Waals surface area contributed by atoms with E-state index < -0.39 is 0 Å². The largest absolute Gasteiger partial charge is 0.309 e. The number of fused-ring (bicyclic) bond motifs is 6. The molecular weight excluding hydrogens is 735 g/mol. The van der Waals surface area contributed by atoms with Gasteiger partial charge in [-0.1, -0.05) is 216 Å². The molecule has 0 saturated carbocycles. The van der Waals surface area contributed by atoms with E-state index in [9.17, 15) is 0 Å². The van der Waals surface area contributed by atoms with Crippen LogP contribution in [0.3, 0.4) is 0 Å². The van der Waals surface area contributed by atoms with Crippen molar-refractivity contribution in [3.05, 3.63) is 235 Å². The van der Waals surface area contributed by atoms with E-state index in [1.165, 1.54) is 89.0 Å². The van der Waals surface area contributed by atoms with Gasteiger partial charge < -0.3 is 4.90 Å². The Balaban J connectivity index is 1.15. The molecule has 1 heteroatoms. The highest BCUT2D eigenvalue weighted by atomic mass is 15.1. The van der Waals surface area contributed by atoms with Gasteiger partial charge in [0.2, 0.25) is 0 Å². The normalized spacial score (nSPS) is 13.8. The van der Waals surface area contributed by atoms with Crippen LogP contribution in [0.15, 0.2) is 212 Å². The average molecular weight is 782 g/mol. The molecule has 11 rings (SSSR count). The van der Waals surface area contributed by atoms with Gasteiger partial charge in [0, 0.05) is 27.5 Å². The van der Waals surface area contributed by atoms with Gasteiger partial charge >= 0.3 is 0 Å². The average Bonchev–Trinajstić information content (AvgIpc) is 3.69. The van der Waals surface area contributed by atoms with Gasteiger partial charge in [-0.15, -0.1) is 0 Å². The summed E-state index contributed by atoms with van der Waals surface area (Å²) in [5, 5.41) is 0. The SMILES string of the molecule is CC1(C)c2ccccc2-c2cc(-c3ccccc3N(c3ccccc3-c3ccc(-c4ccccc4)cc3)c3ccccc3-c3cccc4c3-c3ccccc3C4(C)C)ccc21. The maximum atomic E-state index is 2.53. The molecular formula is C60H47N. The molecule has 1 nitrogen and oxygen atoms in total. The second-order valence-corrected chi connectivity index (χ2v) is 17.7. The minimum atomic E-state index is -0.109. The molecule has 0 bridgehead atoms. The van der Waals surface area contributed by atoms with Crippen molar-refractivity contribution in [1.82, 2.24) is 0 Å². The predicted octanol–water partition coefficient (Wildman–Crippen LogP) is 16.4. The third kappa shape index (κ3) is 5.83. The first-order valence-electron chi connectivity index (χ1n) is 21.5. The number of nitrogens with zero attached hydrogens (tertiary/aromatic N) is 1. The molecule has 61 heavy (non-hydrogen) atoms. The second kappa shape index (κ2) is 14.2. The molecule has 0 heterocycles. The fourth-order valence-corrected chi connectivity index (χ4v) is 10.5. The molecule has 0 radical (unpaired) electrons. The van der Waals surface area contributed by atoms with Crippen molar-refractivity contribution in [2.24, 2.45) is 0 Å². The maximum Gasteiger partial charge on any atom is 0.0540 e. The molecule has 0 N–H and O–H groups in total. The zero-order valence-electron chi connectivity index (χ0n) is 35.2. The molecule has 0 amide bonds. The molecule has 9 aromatic carbocycles. The van der Waals surface area contributed by atoms with Crippen LogP contribution in [-0.4, -0.2) is 0 Å². The summed E-state index contributed by atoms with van der Waals surface area (Å²) in [5.74, 6) is 0. The molecule has 2 aliphatic rings. The van der Waals surface area contributed by atoms with Gasteiger partial charge in [0.1, 0.15) is 0 Å². The van der Waals surface area contributed by atoms with Crippen LogP contribution in [0.1, 0.15) is 49.9 Å². The Kier molecular flexibility index (Phi) is 8.58. The maximum absolute atomic E-state index is 2.53. The van der Waals surface area contributed by atoms with Crippen molar-refractivity contribution < 1.29 is 0 Å². The van der Waals surface area contributed by atoms with Crippen LogP contribution in [-0.2, 0) is 10.8 Å².